The van der Waals surface area contributed by atoms with E-state index in [4.69, 9.17) is 15.3 Å². The molecule has 1 aromatic rings. The lowest BCUT2D eigenvalue weighted by Crippen LogP contribution is -2.08. The summed E-state index contributed by atoms with van der Waals surface area (Å²) in [5, 5.41) is 8.77. The molecule has 0 saturated heterocycles. The SMILES string of the molecule is CCCC[C@H](N)c1ccc(CO)o1. The van der Waals surface area contributed by atoms with Crippen LogP contribution in [0.1, 0.15) is 43.7 Å². The van der Waals surface area contributed by atoms with Gasteiger partial charge in [-0.3, -0.25) is 0 Å². The molecule has 0 unspecified atom stereocenters. The minimum atomic E-state index is -0.0551. The number of nitrogens with two attached hydrogens (primary N) is 1. The molecule has 0 spiro atoms. The van der Waals surface area contributed by atoms with E-state index in [2.05, 4.69) is 6.92 Å². The first-order chi connectivity index (χ1) is 6.27. The van der Waals surface area contributed by atoms with E-state index in [9.17, 15) is 0 Å². The summed E-state index contributed by atoms with van der Waals surface area (Å²) in [6.45, 7) is 2.08. The van der Waals surface area contributed by atoms with Gasteiger partial charge in [-0.1, -0.05) is 19.8 Å². The van der Waals surface area contributed by atoms with Gasteiger partial charge in [0, 0.05) is 0 Å². The molecule has 13 heavy (non-hydrogen) atoms. The molecule has 0 aromatic carbocycles. The number of hydrogen-bond donors (Lipinski definition) is 2. The van der Waals surface area contributed by atoms with Crippen LogP contribution in [0, 0.1) is 0 Å². The van der Waals surface area contributed by atoms with Crippen LogP contribution in [0.15, 0.2) is 16.5 Å². The first-order valence-electron chi connectivity index (χ1n) is 4.73. The van der Waals surface area contributed by atoms with Crippen LogP contribution in [0.4, 0.5) is 0 Å². The number of rotatable bonds is 5. The third kappa shape index (κ3) is 2.86. The number of aliphatic hydroxyl groups excluding tert-OH is 1. The van der Waals surface area contributed by atoms with Crippen LogP contribution in [0.25, 0.3) is 0 Å². The highest BCUT2D eigenvalue weighted by atomic mass is 16.4. The molecule has 74 valence electrons. The molecule has 0 amide bonds. The van der Waals surface area contributed by atoms with Crippen LogP contribution < -0.4 is 5.73 Å². The highest BCUT2D eigenvalue weighted by Crippen LogP contribution is 2.19. The fourth-order valence-electron chi connectivity index (χ4n) is 1.25. The van der Waals surface area contributed by atoms with Gasteiger partial charge in [-0.15, -0.1) is 0 Å². The second kappa shape index (κ2) is 5.04. The standard InChI is InChI=1S/C10H17NO2/c1-2-3-4-9(11)10-6-5-8(7-12)13-10/h5-6,9,12H,2-4,7,11H2,1H3/t9-/m0/s1. The molecule has 1 aromatic heterocycles. The molecule has 0 aliphatic rings. The number of hydrogen-bond acceptors (Lipinski definition) is 3. The summed E-state index contributed by atoms with van der Waals surface area (Å²) in [7, 11) is 0. The summed E-state index contributed by atoms with van der Waals surface area (Å²) in [4.78, 5) is 0. The van der Waals surface area contributed by atoms with Gasteiger partial charge in [-0.05, 0) is 18.6 Å². The number of furan rings is 1. The van der Waals surface area contributed by atoms with E-state index < -0.39 is 0 Å². The summed E-state index contributed by atoms with van der Waals surface area (Å²) in [5.41, 5.74) is 5.87. The van der Waals surface area contributed by atoms with E-state index in [-0.39, 0.29) is 12.6 Å². The maximum Gasteiger partial charge on any atom is 0.129 e. The van der Waals surface area contributed by atoms with Crippen molar-refractivity contribution in [3.8, 4) is 0 Å². The Kier molecular flexibility index (Phi) is 3.99. The van der Waals surface area contributed by atoms with Crippen LogP contribution in [0.3, 0.4) is 0 Å². The Morgan fingerprint density at radius 1 is 1.54 bits per heavy atom. The Hall–Kier alpha value is -0.800. The van der Waals surface area contributed by atoms with Gasteiger partial charge < -0.3 is 15.3 Å². The fourth-order valence-corrected chi connectivity index (χ4v) is 1.25. The molecular weight excluding hydrogens is 166 g/mol. The highest BCUT2D eigenvalue weighted by Gasteiger charge is 2.09. The lowest BCUT2D eigenvalue weighted by molar-refractivity contribution is 0.241. The molecule has 0 bridgehead atoms. The van der Waals surface area contributed by atoms with Crippen molar-refractivity contribution in [3.63, 3.8) is 0 Å². The molecule has 0 saturated carbocycles. The zero-order valence-corrected chi connectivity index (χ0v) is 7.99. The Morgan fingerprint density at radius 3 is 2.85 bits per heavy atom. The minimum absolute atomic E-state index is 0.0275. The second-order valence-electron chi connectivity index (χ2n) is 3.21. The largest absolute Gasteiger partial charge is 0.462 e. The molecule has 0 fully saturated rings. The molecular formula is C10H17NO2. The van der Waals surface area contributed by atoms with Crippen molar-refractivity contribution in [2.45, 2.75) is 38.8 Å². The zero-order chi connectivity index (χ0) is 9.68. The van der Waals surface area contributed by atoms with Gasteiger partial charge in [0.05, 0.1) is 6.04 Å². The van der Waals surface area contributed by atoms with Crippen LogP contribution in [-0.4, -0.2) is 5.11 Å². The maximum absolute atomic E-state index is 8.77. The van der Waals surface area contributed by atoms with Gasteiger partial charge >= 0.3 is 0 Å². The van der Waals surface area contributed by atoms with Crippen molar-refractivity contribution in [1.82, 2.24) is 0 Å². The molecule has 3 N–H and O–H groups in total. The van der Waals surface area contributed by atoms with E-state index in [1.54, 1.807) is 6.07 Å². The summed E-state index contributed by atoms with van der Waals surface area (Å²) in [6, 6.07) is 3.58. The van der Waals surface area contributed by atoms with E-state index in [1.807, 2.05) is 6.07 Å². The summed E-state index contributed by atoms with van der Waals surface area (Å²) in [6.07, 6.45) is 3.19. The molecule has 3 nitrogen and oxygen atoms in total. The van der Waals surface area contributed by atoms with Gasteiger partial charge in [0.2, 0.25) is 0 Å². The first-order valence-corrected chi connectivity index (χ1v) is 4.73. The van der Waals surface area contributed by atoms with E-state index in [1.165, 1.54) is 0 Å². The second-order valence-corrected chi connectivity index (χ2v) is 3.21. The van der Waals surface area contributed by atoms with Crippen LogP contribution in [0.5, 0.6) is 0 Å². The van der Waals surface area contributed by atoms with Crippen molar-refractivity contribution in [1.29, 1.82) is 0 Å². The average Bonchev–Trinajstić information content (AvgIpc) is 2.62. The van der Waals surface area contributed by atoms with E-state index >= 15 is 0 Å². The maximum atomic E-state index is 8.77. The van der Waals surface area contributed by atoms with Gasteiger partial charge in [0.25, 0.3) is 0 Å². The van der Waals surface area contributed by atoms with Crippen LogP contribution >= 0.6 is 0 Å². The molecule has 0 radical (unpaired) electrons. The smallest absolute Gasteiger partial charge is 0.129 e. The first kappa shape index (κ1) is 10.3. The predicted octanol–water partition coefficient (Wildman–Crippen LogP) is 1.96. The Morgan fingerprint density at radius 2 is 2.31 bits per heavy atom. The van der Waals surface area contributed by atoms with Crippen molar-refractivity contribution in [3.05, 3.63) is 23.7 Å². The third-order valence-electron chi connectivity index (χ3n) is 2.07. The topological polar surface area (TPSA) is 59.4 Å². The summed E-state index contributed by atoms with van der Waals surface area (Å²) >= 11 is 0. The van der Waals surface area contributed by atoms with Crippen LogP contribution in [0.2, 0.25) is 0 Å². The minimum Gasteiger partial charge on any atom is -0.462 e. The van der Waals surface area contributed by atoms with Crippen molar-refractivity contribution < 1.29 is 9.52 Å². The molecule has 1 atom stereocenters. The Labute approximate surface area is 78.5 Å². The van der Waals surface area contributed by atoms with Crippen molar-refractivity contribution in [2.24, 2.45) is 5.73 Å². The van der Waals surface area contributed by atoms with E-state index in [0.29, 0.717) is 5.76 Å². The lowest BCUT2D eigenvalue weighted by Gasteiger charge is -2.06. The average molecular weight is 183 g/mol. The molecule has 0 aliphatic heterocycles. The van der Waals surface area contributed by atoms with Gasteiger partial charge in [-0.2, -0.15) is 0 Å². The number of unbranched alkanes of at least 4 members (excludes halogenated alkanes) is 1. The zero-order valence-electron chi connectivity index (χ0n) is 7.99. The molecule has 1 heterocycles. The van der Waals surface area contributed by atoms with E-state index in [0.717, 1.165) is 25.0 Å². The van der Waals surface area contributed by atoms with Gasteiger partial charge in [0.1, 0.15) is 18.1 Å². The Balaban J connectivity index is 2.50. The molecule has 1 rings (SSSR count). The highest BCUT2D eigenvalue weighted by molar-refractivity contribution is 5.09. The van der Waals surface area contributed by atoms with Crippen LogP contribution in [-0.2, 0) is 6.61 Å². The predicted molar refractivity (Wildman–Crippen MR) is 51.1 cm³/mol. The van der Waals surface area contributed by atoms with Gasteiger partial charge in [0.15, 0.2) is 0 Å². The summed E-state index contributed by atoms with van der Waals surface area (Å²) < 4.78 is 5.32. The Bertz CT molecular complexity index is 245. The summed E-state index contributed by atoms with van der Waals surface area (Å²) in [5.74, 6) is 1.36. The monoisotopic (exact) mass is 183 g/mol. The molecule has 0 aliphatic carbocycles. The molecule has 3 heteroatoms. The number of aliphatic hydroxyl groups is 1. The third-order valence-corrected chi connectivity index (χ3v) is 2.07. The normalized spacial score (nSPS) is 13.2. The van der Waals surface area contributed by atoms with Gasteiger partial charge in [-0.25, -0.2) is 0 Å². The van der Waals surface area contributed by atoms with Crippen molar-refractivity contribution >= 4 is 0 Å². The van der Waals surface area contributed by atoms with Crippen molar-refractivity contribution in [2.75, 3.05) is 0 Å². The fraction of sp³-hybridized carbons (Fsp3) is 0.600. The quantitative estimate of drug-likeness (QED) is 0.733. The lowest BCUT2D eigenvalue weighted by atomic mass is 10.1.